The van der Waals surface area contributed by atoms with E-state index in [1.165, 1.54) is 23.1 Å². The molecule has 14 aromatic rings. The number of para-hydroxylation sites is 1. The second-order valence-corrected chi connectivity index (χ2v) is 23.0. The predicted molar refractivity (Wildman–Crippen MR) is 362 cm³/mol. The van der Waals surface area contributed by atoms with Crippen LogP contribution in [0.2, 0.25) is 0 Å². The van der Waals surface area contributed by atoms with Gasteiger partial charge in [0.1, 0.15) is 0 Å². The Morgan fingerprint density at radius 2 is 0.722 bits per heavy atom. The summed E-state index contributed by atoms with van der Waals surface area (Å²) in [5.74, 6) is 0. The van der Waals surface area contributed by atoms with Gasteiger partial charge in [0.25, 0.3) is 6.71 Å². The summed E-state index contributed by atoms with van der Waals surface area (Å²) in [5, 5.41) is 21.9. The van der Waals surface area contributed by atoms with E-state index in [9.17, 15) is 23.7 Å². The van der Waals surface area contributed by atoms with Gasteiger partial charge in [-0.15, -0.1) is 0 Å². The Hall–Kier alpha value is -11.9. The highest BCUT2D eigenvalue weighted by molar-refractivity contribution is 7.00. The van der Waals surface area contributed by atoms with Crippen LogP contribution in [0.3, 0.4) is 0 Å². The van der Waals surface area contributed by atoms with Crippen molar-refractivity contribution in [2.75, 3.05) is 9.80 Å². The molecule has 16 rings (SSSR count). The molecule has 0 fully saturated rings. The highest BCUT2D eigenvalue weighted by Gasteiger charge is 2.44. The highest BCUT2D eigenvalue weighted by Crippen LogP contribution is 2.49. The summed E-state index contributed by atoms with van der Waals surface area (Å²) in [5.41, 5.74) is 22.6. The van der Waals surface area contributed by atoms with Crippen LogP contribution in [0.4, 0.5) is 47.3 Å². The van der Waals surface area contributed by atoms with Gasteiger partial charge in [-0.25, -0.2) is 0 Å². The normalized spacial score (nSPS) is 12.3. The molecule has 1 aromatic heterocycles. The van der Waals surface area contributed by atoms with Gasteiger partial charge in [0.2, 0.25) is 0 Å². The largest absolute Gasteiger partial charge is 0.416 e. The van der Waals surface area contributed by atoms with Crippen LogP contribution in [0.25, 0.3) is 94.3 Å². The van der Waals surface area contributed by atoms with Crippen LogP contribution in [0.15, 0.2) is 297 Å². The average Bonchev–Trinajstić information content (AvgIpc) is 0.778. The standard InChI is InChI=1S/C81H49BF3N5/c83-81(84,85)65-32-40-74(69(49-65)64-42-52(50-86)41-53(43-64)51-87)90-73-24-14-13-23-68(73)70-44-60(29-37-75(70)90)63-47-78-80-79(48-63)89(67-35-27-59(28-36-67)55-17-7-2-8-18-55)77-39-31-62(57-21-11-4-12-22-57)46-72(77)82(80)71-45-61(56-19-9-3-10-20-56)30-38-76(71)88(78)66-33-25-58(26-34-66)54-15-5-1-6-16-54/h1-49H. The van der Waals surface area contributed by atoms with Crippen molar-refractivity contribution in [3.8, 4) is 84.6 Å². The summed E-state index contributed by atoms with van der Waals surface area (Å²) in [4.78, 5) is 4.88. The number of aromatic nitrogens is 1. The van der Waals surface area contributed by atoms with Crippen molar-refractivity contribution >= 4 is 79.0 Å². The maximum Gasteiger partial charge on any atom is 0.416 e. The molecule has 3 heterocycles. The van der Waals surface area contributed by atoms with Gasteiger partial charge in [-0.1, -0.05) is 194 Å². The third-order valence-corrected chi connectivity index (χ3v) is 17.8. The first-order chi connectivity index (χ1) is 44.1. The SMILES string of the molecule is N#Cc1cc(C#N)cc(-c2cc(C(F)(F)F)ccc2-n2c3ccccc3c3cc(-c4cc5c6c(c4)N(c4ccc(-c7ccccc7)cc4)c4ccc(-c7ccccc7)cc4B6c4cc(-c6ccccc6)ccc4N5c4ccc(-c5ccccc5)cc4)ccc32)c1. The monoisotopic (exact) mass is 1160 g/mol. The molecule has 90 heavy (non-hydrogen) atoms. The smallest absolute Gasteiger partial charge is 0.311 e. The van der Waals surface area contributed by atoms with Crippen LogP contribution >= 0.6 is 0 Å². The van der Waals surface area contributed by atoms with Gasteiger partial charge < -0.3 is 14.4 Å². The molecule has 13 aromatic carbocycles. The lowest BCUT2D eigenvalue weighted by atomic mass is 9.33. The van der Waals surface area contributed by atoms with Crippen molar-refractivity contribution in [2.24, 2.45) is 0 Å². The predicted octanol–water partition coefficient (Wildman–Crippen LogP) is 19.6. The minimum atomic E-state index is -4.66. The Labute approximate surface area is 519 Å². The molecule has 2 aliphatic heterocycles. The molecule has 0 unspecified atom stereocenters. The van der Waals surface area contributed by atoms with Crippen molar-refractivity contribution in [1.29, 1.82) is 10.5 Å². The Balaban J connectivity index is 0.965. The van der Waals surface area contributed by atoms with E-state index in [1.807, 2.05) is 34.9 Å². The lowest BCUT2D eigenvalue weighted by Gasteiger charge is -2.44. The number of alkyl halides is 3. The number of hydrogen-bond donors (Lipinski definition) is 0. The van der Waals surface area contributed by atoms with Crippen molar-refractivity contribution in [1.82, 2.24) is 4.57 Å². The van der Waals surface area contributed by atoms with Crippen molar-refractivity contribution in [3.63, 3.8) is 0 Å². The number of benzene rings is 13. The molecule has 0 radical (unpaired) electrons. The van der Waals surface area contributed by atoms with E-state index in [4.69, 9.17) is 0 Å². The second kappa shape index (κ2) is 21.5. The van der Waals surface area contributed by atoms with Crippen molar-refractivity contribution in [3.05, 3.63) is 314 Å². The Kier molecular flexibility index (Phi) is 12.8. The summed E-state index contributed by atoms with van der Waals surface area (Å²) in [6.07, 6.45) is -4.66. The fourth-order valence-corrected chi connectivity index (χ4v) is 13.7. The number of halogens is 3. The van der Waals surface area contributed by atoms with E-state index in [2.05, 4.69) is 252 Å². The van der Waals surface area contributed by atoms with Gasteiger partial charge in [0.15, 0.2) is 0 Å². The third-order valence-electron chi connectivity index (χ3n) is 17.8. The molecule has 0 saturated carbocycles. The zero-order valence-electron chi connectivity index (χ0n) is 48.2. The zero-order chi connectivity index (χ0) is 60.6. The van der Waals surface area contributed by atoms with Crippen molar-refractivity contribution in [2.45, 2.75) is 6.18 Å². The maximum absolute atomic E-state index is 14.7. The number of fused-ring (bicyclic) bond motifs is 7. The molecule has 0 aliphatic carbocycles. The molecule has 0 bridgehead atoms. The number of nitriles is 2. The molecule has 2 aliphatic rings. The lowest BCUT2D eigenvalue weighted by molar-refractivity contribution is -0.137. The summed E-state index contributed by atoms with van der Waals surface area (Å²) in [6, 6.07) is 105. The quantitative estimate of drug-likeness (QED) is 0.135. The van der Waals surface area contributed by atoms with E-state index >= 15 is 0 Å². The van der Waals surface area contributed by atoms with Gasteiger partial charge in [-0.2, -0.15) is 23.7 Å². The van der Waals surface area contributed by atoms with Crippen LogP contribution in [0.5, 0.6) is 0 Å². The fraction of sp³-hybridized carbons (Fsp3) is 0.0123. The zero-order valence-corrected chi connectivity index (χ0v) is 48.2. The van der Waals surface area contributed by atoms with Gasteiger partial charge in [-0.05, 0) is 181 Å². The Morgan fingerprint density at radius 1 is 0.311 bits per heavy atom. The Morgan fingerprint density at radius 3 is 1.21 bits per heavy atom. The summed E-state index contributed by atoms with van der Waals surface area (Å²) < 4.78 is 46.2. The molecule has 0 atom stereocenters. The Bertz CT molecular complexity index is 5020. The molecule has 0 saturated heterocycles. The van der Waals surface area contributed by atoms with Gasteiger partial charge in [0, 0.05) is 50.5 Å². The molecule has 422 valence electrons. The van der Waals surface area contributed by atoms with Crippen LogP contribution in [-0.4, -0.2) is 11.3 Å². The van der Waals surface area contributed by atoms with Crippen LogP contribution in [0, 0.1) is 22.7 Å². The number of nitrogens with zero attached hydrogens (tertiary/aromatic N) is 5. The number of hydrogen-bond acceptors (Lipinski definition) is 4. The average molecular weight is 1160 g/mol. The van der Waals surface area contributed by atoms with Gasteiger partial charge in [-0.3, -0.25) is 0 Å². The van der Waals surface area contributed by atoms with E-state index < -0.39 is 11.7 Å². The van der Waals surface area contributed by atoms with E-state index in [1.54, 1.807) is 12.1 Å². The molecule has 0 amide bonds. The molecule has 5 nitrogen and oxygen atoms in total. The van der Waals surface area contributed by atoms with Crippen molar-refractivity contribution < 1.29 is 13.2 Å². The first kappa shape index (κ1) is 53.6. The van der Waals surface area contributed by atoms with Gasteiger partial charge >= 0.3 is 6.18 Å². The minimum Gasteiger partial charge on any atom is -0.311 e. The first-order valence-electron chi connectivity index (χ1n) is 29.8. The summed E-state index contributed by atoms with van der Waals surface area (Å²) >= 11 is 0. The topological polar surface area (TPSA) is 59.0 Å². The van der Waals surface area contributed by atoms with Gasteiger partial charge in [0.05, 0.1) is 45.5 Å². The van der Waals surface area contributed by atoms with Crippen LogP contribution < -0.4 is 26.2 Å². The number of anilines is 6. The summed E-state index contributed by atoms with van der Waals surface area (Å²) in [6.45, 7) is -0.225. The molecule has 0 spiro atoms. The van der Waals surface area contributed by atoms with E-state index in [-0.39, 0.29) is 23.4 Å². The fourth-order valence-electron chi connectivity index (χ4n) is 13.7. The van der Waals surface area contributed by atoms with E-state index in [0.717, 1.165) is 129 Å². The number of rotatable bonds is 9. The summed E-state index contributed by atoms with van der Waals surface area (Å²) in [7, 11) is 0. The molecular weight excluding hydrogens is 1110 g/mol. The molecular formula is C81H49BF3N5. The molecule has 9 heteroatoms. The van der Waals surface area contributed by atoms with Crippen LogP contribution in [-0.2, 0) is 6.18 Å². The molecule has 0 N–H and O–H groups in total. The maximum atomic E-state index is 14.7. The highest BCUT2D eigenvalue weighted by atomic mass is 19.4. The lowest BCUT2D eigenvalue weighted by Crippen LogP contribution is -2.61. The minimum absolute atomic E-state index is 0.168. The third kappa shape index (κ3) is 9.10. The van der Waals surface area contributed by atoms with Crippen LogP contribution in [0.1, 0.15) is 16.7 Å². The van der Waals surface area contributed by atoms with E-state index in [0.29, 0.717) is 11.3 Å². The second-order valence-electron chi connectivity index (χ2n) is 23.0. The first-order valence-corrected chi connectivity index (χ1v) is 29.8.